The lowest BCUT2D eigenvalue weighted by atomic mass is 10.0. The molecule has 4 aromatic rings. The van der Waals surface area contributed by atoms with E-state index in [4.69, 9.17) is 14.8 Å². The minimum absolute atomic E-state index is 0.518. The Bertz CT molecular complexity index is 1440. The highest BCUT2D eigenvalue weighted by molar-refractivity contribution is 6.13. The van der Waals surface area contributed by atoms with Gasteiger partial charge in [0, 0.05) is 29.4 Å². The van der Waals surface area contributed by atoms with Crippen molar-refractivity contribution in [2.24, 2.45) is 5.16 Å². The van der Waals surface area contributed by atoms with E-state index in [1.807, 2.05) is 0 Å². The first kappa shape index (κ1) is 29.5. The third kappa shape index (κ3) is 7.00. The van der Waals surface area contributed by atoms with Crippen molar-refractivity contribution in [3.8, 4) is 11.1 Å². The summed E-state index contributed by atoms with van der Waals surface area (Å²) in [5.74, 6) is 0. The monoisotopic (exact) mass is 540 g/mol. The summed E-state index contributed by atoms with van der Waals surface area (Å²) < 4.78 is 0. The molecule has 0 saturated heterocycles. The predicted octanol–water partition coefficient (Wildman–Crippen LogP) is 6.83. The van der Waals surface area contributed by atoms with Crippen molar-refractivity contribution in [3.05, 3.63) is 83.7 Å². The molecule has 0 aliphatic heterocycles. The normalized spacial score (nSPS) is 12.1. The number of aryl methyl sites for hydroxylation is 1. The number of nitrogens with zero attached hydrogens (tertiary/aromatic N) is 3. The van der Waals surface area contributed by atoms with Crippen molar-refractivity contribution in [1.82, 2.24) is 9.80 Å². The van der Waals surface area contributed by atoms with E-state index in [-0.39, 0.29) is 0 Å². The van der Waals surface area contributed by atoms with E-state index in [0.717, 1.165) is 83.0 Å². The number of rotatable bonds is 14. The molecular weight excluding hydrogens is 496 g/mol. The molecule has 6 heteroatoms. The lowest BCUT2D eigenvalue weighted by Gasteiger charge is -2.19. The number of anilines is 1. The zero-order valence-corrected chi connectivity index (χ0v) is 24.7. The van der Waals surface area contributed by atoms with Crippen molar-refractivity contribution in [3.63, 3.8) is 0 Å². The summed E-state index contributed by atoms with van der Waals surface area (Å²) >= 11 is 0. The van der Waals surface area contributed by atoms with Crippen LogP contribution in [0.5, 0.6) is 0 Å². The van der Waals surface area contributed by atoms with Gasteiger partial charge in [0.1, 0.15) is 12.0 Å². The zero-order valence-electron chi connectivity index (χ0n) is 24.7. The van der Waals surface area contributed by atoms with E-state index in [0.29, 0.717) is 13.2 Å². The lowest BCUT2D eigenvalue weighted by molar-refractivity contribution is 0.106. The first-order chi connectivity index (χ1) is 19.6. The molecule has 4 rings (SSSR count). The van der Waals surface area contributed by atoms with E-state index in [1.165, 1.54) is 5.56 Å². The van der Waals surface area contributed by atoms with Gasteiger partial charge in [-0.2, -0.15) is 0 Å². The first-order valence-corrected chi connectivity index (χ1v) is 14.6. The van der Waals surface area contributed by atoms with E-state index in [2.05, 4.69) is 123 Å². The molecule has 212 valence electrons. The molecule has 0 unspecified atom stereocenters. The van der Waals surface area contributed by atoms with Crippen molar-refractivity contribution in [1.29, 1.82) is 0 Å². The summed E-state index contributed by atoms with van der Waals surface area (Å²) in [5, 5.41) is 10.0. The fraction of sp³-hybridized carbons (Fsp3) is 0.382. The maximum absolute atomic E-state index is 6.18. The highest BCUT2D eigenvalue weighted by atomic mass is 16.6. The minimum atomic E-state index is 0.518. The quantitative estimate of drug-likeness (QED) is 0.140. The Morgan fingerprint density at radius 2 is 1.18 bits per heavy atom. The minimum Gasteiger partial charge on any atom is -0.394 e. The molecule has 0 heterocycles. The van der Waals surface area contributed by atoms with Crippen LogP contribution in [-0.2, 0) is 9.68 Å². The van der Waals surface area contributed by atoms with Gasteiger partial charge in [0.2, 0.25) is 0 Å². The smallest absolute Gasteiger partial charge is 0.129 e. The SMILES string of the molecule is CCN(CC)CCON=c1c(-c2ccc(C)cc2)c(NOCCN(CC)CC)c2ccccc2c2ccccc12. The molecule has 0 radical (unpaired) electrons. The zero-order chi connectivity index (χ0) is 28.3. The largest absolute Gasteiger partial charge is 0.394 e. The molecule has 0 atom stereocenters. The molecule has 0 aliphatic carbocycles. The fourth-order valence-electron chi connectivity index (χ4n) is 5.11. The van der Waals surface area contributed by atoms with Gasteiger partial charge < -0.3 is 14.6 Å². The predicted molar refractivity (Wildman–Crippen MR) is 168 cm³/mol. The second-order valence-electron chi connectivity index (χ2n) is 9.98. The Balaban J connectivity index is 1.94. The number of likely N-dealkylation sites (N-methyl/N-ethyl adjacent to an activating group) is 2. The Morgan fingerprint density at radius 3 is 1.77 bits per heavy atom. The average molecular weight is 541 g/mol. The summed E-state index contributed by atoms with van der Waals surface area (Å²) in [4.78, 5) is 16.9. The maximum Gasteiger partial charge on any atom is 0.129 e. The van der Waals surface area contributed by atoms with Gasteiger partial charge in [0.25, 0.3) is 0 Å². The summed E-state index contributed by atoms with van der Waals surface area (Å²) in [5.41, 5.74) is 7.50. The van der Waals surface area contributed by atoms with Gasteiger partial charge in [0.05, 0.1) is 12.3 Å². The topological polar surface area (TPSA) is 49.3 Å². The average Bonchev–Trinajstić information content (AvgIpc) is 3.11. The van der Waals surface area contributed by atoms with Crippen molar-refractivity contribution < 1.29 is 9.68 Å². The molecule has 1 N–H and O–H groups in total. The summed E-state index contributed by atoms with van der Waals surface area (Å²) in [6.07, 6.45) is 0. The Kier molecular flexibility index (Phi) is 10.9. The number of fused-ring (bicyclic) bond motifs is 3. The summed E-state index contributed by atoms with van der Waals surface area (Å²) in [6.45, 7) is 17.5. The van der Waals surface area contributed by atoms with E-state index >= 15 is 0 Å². The molecule has 0 aliphatic rings. The summed E-state index contributed by atoms with van der Waals surface area (Å²) in [6, 6.07) is 25.5. The van der Waals surface area contributed by atoms with Crippen LogP contribution in [0.3, 0.4) is 0 Å². The van der Waals surface area contributed by atoms with Crippen LogP contribution in [-0.4, -0.2) is 62.3 Å². The van der Waals surface area contributed by atoms with Crippen molar-refractivity contribution in [2.75, 3.05) is 58.0 Å². The molecular formula is C34H44N4O2. The number of benzene rings is 3. The molecule has 6 nitrogen and oxygen atoms in total. The van der Waals surface area contributed by atoms with Crippen LogP contribution in [0.1, 0.15) is 33.3 Å². The van der Waals surface area contributed by atoms with Crippen molar-refractivity contribution >= 4 is 27.2 Å². The summed E-state index contributed by atoms with van der Waals surface area (Å²) in [7, 11) is 0. The maximum atomic E-state index is 6.18. The van der Waals surface area contributed by atoms with Gasteiger partial charge in [-0.15, -0.1) is 0 Å². The number of hydrogen-bond donors (Lipinski definition) is 1. The fourth-order valence-corrected chi connectivity index (χ4v) is 5.11. The van der Waals surface area contributed by atoms with Crippen LogP contribution in [0.2, 0.25) is 0 Å². The molecule has 0 bridgehead atoms. The van der Waals surface area contributed by atoms with Crippen molar-refractivity contribution in [2.45, 2.75) is 34.6 Å². The van der Waals surface area contributed by atoms with E-state index in [9.17, 15) is 0 Å². The van der Waals surface area contributed by atoms with Crippen LogP contribution in [0, 0.1) is 6.92 Å². The Hall–Kier alpha value is -3.45. The van der Waals surface area contributed by atoms with Gasteiger partial charge in [-0.1, -0.05) is 111 Å². The van der Waals surface area contributed by atoms with E-state index in [1.54, 1.807) is 0 Å². The molecule has 0 spiro atoms. The second kappa shape index (κ2) is 14.8. The Labute approximate surface area is 239 Å². The van der Waals surface area contributed by atoms with Crippen LogP contribution in [0.4, 0.5) is 5.69 Å². The van der Waals surface area contributed by atoms with Gasteiger partial charge in [-0.05, 0) is 49.4 Å². The highest BCUT2D eigenvalue weighted by Gasteiger charge is 2.16. The van der Waals surface area contributed by atoms with Crippen LogP contribution in [0.15, 0.2) is 78.0 Å². The molecule has 4 aromatic carbocycles. The third-order valence-electron chi connectivity index (χ3n) is 7.62. The van der Waals surface area contributed by atoms with Gasteiger partial charge in [-0.25, -0.2) is 0 Å². The molecule has 0 fully saturated rings. The van der Waals surface area contributed by atoms with Crippen LogP contribution >= 0.6 is 0 Å². The Morgan fingerprint density at radius 1 is 0.650 bits per heavy atom. The third-order valence-corrected chi connectivity index (χ3v) is 7.62. The van der Waals surface area contributed by atoms with Crippen LogP contribution < -0.4 is 10.8 Å². The van der Waals surface area contributed by atoms with Gasteiger partial charge in [0.15, 0.2) is 0 Å². The first-order valence-electron chi connectivity index (χ1n) is 14.6. The second-order valence-corrected chi connectivity index (χ2v) is 9.98. The van der Waals surface area contributed by atoms with Gasteiger partial charge in [-0.3, -0.25) is 10.3 Å². The lowest BCUT2D eigenvalue weighted by Crippen LogP contribution is -2.27. The molecule has 0 saturated carbocycles. The van der Waals surface area contributed by atoms with E-state index < -0.39 is 0 Å². The highest BCUT2D eigenvalue weighted by Crippen LogP contribution is 2.35. The molecule has 0 aromatic heterocycles. The standard InChI is InChI=1S/C34H44N4O2/c1-6-37(7-2)22-24-39-35-33-30-16-12-10-14-28(30)29-15-11-13-17-31(29)34(36-40-25-23-38(8-3)9-4)32(33)27-20-18-26(5)19-21-27/h10-21,35H,6-9,22-25H2,1-5H3. The van der Waals surface area contributed by atoms with Gasteiger partial charge >= 0.3 is 0 Å². The number of hydrogen-bond acceptors (Lipinski definition) is 6. The number of nitrogens with one attached hydrogen (secondary N) is 1. The van der Waals surface area contributed by atoms with Crippen LogP contribution in [0.25, 0.3) is 32.7 Å². The molecule has 0 amide bonds. The molecule has 40 heavy (non-hydrogen) atoms.